The number of carbonyl (C=O) groups excluding carboxylic acids is 1. The van der Waals surface area contributed by atoms with E-state index in [1.54, 1.807) is 43.8 Å². The number of anilines is 1. The largest absolute Gasteiger partial charge is 0.497 e. The number of hydrogen-bond donors (Lipinski definition) is 1. The van der Waals surface area contributed by atoms with Crippen molar-refractivity contribution in [3.8, 4) is 11.5 Å². The summed E-state index contributed by atoms with van der Waals surface area (Å²) < 4.78 is 12.7. The van der Waals surface area contributed by atoms with Crippen LogP contribution in [0.2, 0.25) is 0 Å². The first-order valence-electron chi connectivity index (χ1n) is 10.8. The third-order valence-corrected chi connectivity index (χ3v) is 7.03. The minimum atomic E-state index is -0.158. The van der Waals surface area contributed by atoms with Gasteiger partial charge in [0.1, 0.15) is 17.3 Å². The molecule has 0 fully saturated rings. The Kier molecular flexibility index (Phi) is 8.21. The minimum Gasteiger partial charge on any atom is -0.497 e. The van der Waals surface area contributed by atoms with E-state index in [4.69, 9.17) is 9.47 Å². The summed E-state index contributed by atoms with van der Waals surface area (Å²) in [6.07, 6.45) is 1.57. The third-order valence-electron chi connectivity index (χ3n) is 5.19. The molecule has 2 aromatic heterocycles. The number of carbonyl (C=O) groups is 1. The molecule has 176 valence electrons. The van der Waals surface area contributed by atoms with Gasteiger partial charge in [0.15, 0.2) is 5.16 Å². The van der Waals surface area contributed by atoms with Crippen molar-refractivity contribution >= 4 is 34.7 Å². The van der Waals surface area contributed by atoms with Crippen molar-refractivity contribution in [2.24, 2.45) is 0 Å². The van der Waals surface area contributed by atoms with Crippen LogP contribution >= 0.6 is 23.1 Å². The van der Waals surface area contributed by atoms with E-state index in [0.29, 0.717) is 23.6 Å². The minimum absolute atomic E-state index is 0.158. The topological polar surface area (TPSA) is 78.3 Å². The van der Waals surface area contributed by atoms with Gasteiger partial charge in [0.25, 0.3) is 0 Å². The Morgan fingerprint density at radius 1 is 1.06 bits per heavy atom. The van der Waals surface area contributed by atoms with Crippen LogP contribution in [0.4, 0.5) is 5.69 Å². The van der Waals surface area contributed by atoms with E-state index in [1.807, 2.05) is 24.3 Å². The van der Waals surface area contributed by atoms with E-state index in [-0.39, 0.29) is 11.7 Å². The number of benzene rings is 2. The quantitative estimate of drug-likeness (QED) is 0.298. The Morgan fingerprint density at radius 2 is 1.91 bits per heavy atom. The highest BCUT2D eigenvalue weighted by Crippen LogP contribution is 2.29. The van der Waals surface area contributed by atoms with Crippen molar-refractivity contribution in [3.05, 3.63) is 82.3 Å². The van der Waals surface area contributed by atoms with Crippen molar-refractivity contribution in [2.75, 3.05) is 25.3 Å². The zero-order chi connectivity index (χ0) is 23.8. The molecular weight excluding hydrogens is 468 g/mol. The lowest BCUT2D eigenvalue weighted by Gasteiger charge is -2.12. The van der Waals surface area contributed by atoms with Crippen molar-refractivity contribution in [3.63, 3.8) is 0 Å². The van der Waals surface area contributed by atoms with Gasteiger partial charge in [-0.3, -0.25) is 4.79 Å². The number of thioether (sulfide) groups is 1. The number of nitrogens with one attached hydrogen (secondary N) is 1. The first kappa shape index (κ1) is 23.8. The normalized spacial score (nSPS) is 10.8. The number of aromatic nitrogens is 3. The maximum absolute atomic E-state index is 12.7. The van der Waals surface area contributed by atoms with Crippen molar-refractivity contribution in [2.45, 2.75) is 24.5 Å². The Balaban J connectivity index is 1.46. The molecule has 7 nitrogen and oxygen atoms in total. The van der Waals surface area contributed by atoms with Crippen molar-refractivity contribution in [1.82, 2.24) is 14.8 Å². The van der Waals surface area contributed by atoms with Gasteiger partial charge in [-0.25, -0.2) is 0 Å². The molecule has 1 amide bonds. The van der Waals surface area contributed by atoms with Gasteiger partial charge in [0.2, 0.25) is 5.91 Å². The van der Waals surface area contributed by atoms with Gasteiger partial charge < -0.3 is 19.4 Å². The van der Waals surface area contributed by atoms with E-state index in [9.17, 15) is 4.79 Å². The van der Waals surface area contributed by atoms with E-state index < -0.39 is 0 Å². The number of rotatable bonds is 11. The summed E-state index contributed by atoms with van der Waals surface area (Å²) >= 11 is 3.08. The number of thiophene rings is 1. The zero-order valence-electron chi connectivity index (χ0n) is 19.1. The molecule has 0 saturated heterocycles. The van der Waals surface area contributed by atoms with Crippen LogP contribution in [0.1, 0.15) is 16.3 Å². The maximum Gasteiger partial charge on any atom is 0.234 e. The molecule has 1 N–H and O–H groups in total. The average Bonchev–Trinajstić information content (AvgIpc) is 3.52. The van der Waals surface area contributed by atoms with Gasteiger partial charge in [-0.15, -0.1) is 21.5 Å². The van der Waals surface area contributed by atoms with Crippen LogP contribution in [0, 0.1) is 0 Å². The standard InChI is InChI=1S/C25H26N4O3S2/c1-31-19-10-11-22(32-2)21(15-19)26-24(30)17-34-25-28-27-23(16-20-9-6-14-33-20)29(25)13-12-18-7-4-3-5-8-18/h3-11,14-15H,12-13,16-17H2,1-2H3,(H,26,30). The molecule has 0 atom stereocenters. The number of aryl methyl sites for hydroxylation is 1. The fraction of sp³-hybridized carbons (Fsp3) is 0.240. The molecule has 0 saturated carbocycles. The molecule has 34 heavy (non-hydrogen) atoms. The molecule has 0 radical (unpaired) electrons. The van der Waals surface area contributed by atoms with Gasteiger partial charge in [-0.2, -0.15) is 0 Å². The highest BCUT2D eigenvalue weighted by atomic mass is 32.2. The smallest absolute Gasteiger partial charge is 0.234 e. The molecule has 4 aromatic rings. The van der Waals surface area contributed by atoms with Crippen LogP contribution in [0.25, 0.3) is 0 Å². The number of amides is 1. The lowest BCUT2D eigenvalue weighted by Crippen LogP contribution is -2.16. The molecule has 2 aromatic carbocycles. The lowest BCUT2D eigenvalue weighted by atomic mass is 10.1. The molecule has 0 aliphatic heterocycles. The molecule has 9 heteroatoms. The molecule has 0 spiro atoms. The molecule has 0 aliphatic carbocycles. The summed E-state index contributed by atoms with van der Waals surface area (Å²) in [4.78, 5) is 14.0. The molecule has 0 aliphatic rings. The highest BCUT2D eigenvalue weighted by Gasteiger charge is 2.16. The first-order valence-corrected chi connectivity index (χ1v) is 12.7. The van der Waals surface area contributed by atoms with E-state index in [0.717, 1.165) is 23.9 Å². The van der Waals surface area contributed by atoms with Gasteiger partial charge >= 0.3 is 0 Å². The monoisotopic (exact) mass is 494 g/mol. The highest BCUT2D eigenvalue weighted by molar-refractivity contribution is 7.99. The summed E-state index contributed by atoms with van der Waals surface area (Å²) in [6.45, 7) is 0.741. The van der Waals surface area contributed by atoms with Crippen LogP contribution < -0.4 is 14.8 Å². The van der Waals surface area contributed by atoms with Gasteiger partial charge in [0, 0.05) is 23.9 Å². The average molecular weight is 495 g/mol. The second-order valence-corrected chi connectivity index (χ2v) is 9.42. The maximum atomic E-state index is 12.7. The first-order chi connectivity index (χ1) is 16.7. The SMILES string of the molecule is COc1ccc(OC)c(NC(=O)CSc2nnc(Cc3cccs3)n2CCc2ccccc2)c1. The Bertz CT molecular complexity index is 1210. The zero-order valence-corrected chi connectivity index (χ0v) is 20.7. The predicted octanol–water partition coefficient (Wildman–Crippen LogP) is 4.92. The fourth-order valence-corrected chi connectivity index (χ4v) is 4.95. The van der Waals surface area contributed by atoms with Crippen LogP contribution in [0.3, 0.4) is 0 Å². The molecule has 4 rings (SSSR count). The summed E-state index contributed by atoms with van der Waals surface area (Å²) in [5.41, 5.74) is 1.81. The van der Waals surface area contributed by atoms with Crippen LogP contribution in [0.5, 0.6) is 11.5 Å². The summed E-state index contributed by atoms with van der Waals surface area (Å²) in [6, 6.07) is 19.8. The number of ether oxygens (including phenoxy) is 2. The Labute approximate surface area is 207 Å². The van der Waals surface area contributed by atoms with Crippen LogP contribution in [-0.2, 0) is 24.2 Å². The Morgan fingerprint density at radius 3 is 2.65 bits per heavy atom. The van der Waals surface area contributed by atoms with E-state index >= 15 is 0 Å². The van der Waals surface area contributed by atoms with Crippen LogP contribution in [-0.4, -0.2) is 40.6 Å². The van der Waals surface area contributed by atoms with Crippen molar-refractivity contribution in [1.29, 1.82) is 0 Å². The third kappa shape index (κ3) is 6.18. The lowest BCUT2D eigenvalue weighted by molar-refractivity contribution is -0.113. The van der Waals surface area contributed by atoms with Gasteiger partial charge in [-0.1, -0.05) is 48.2 Å². The summed E-state index contributed by atoms with van der Waals surface area (Å²) in [5.74, 6) is 2.15. The van der Waals surface area contributed by atoms with Crippen molar-refractivity contribution < 1.29 is 14.3 Å². The number of hydrogen-bond acceptors (Lipinski definition) is 7. The summed E-state index contributed by atoms with van der Waals surface area (Å²) in [7, 11) is 3.15. The van der Waals surface area contributed by atoms with Crippen LogP contribution in [0.15, 0.2) is 71.2 Å². The summed E-state index contributed by atoms with van der Waals surface area (Å²) in [5, 5.41) is 14.6. The number of methoxy groups -OCH3 is 2. The second kappa shape index (κ2) is 11.7. The fourth-order valence-electron chi connectivity index (χ4n) is 3.46. The van der Waals surface area contributed by atoms with E-state index in [2.05, 4.69) is 43.7 Å². The second-order valence-electron chi connectivity index (χ2n) is 7.45. The Hall–Kier alpha value is -3.30. The molecular formula is C25H26N4O3S2. The molecule has 0 bridgehead atoms. The van der Waals surface area contributed by atoms with E-state index in [1.165, 1.54) is 22.2 Å². The van der Waals surface area contributed by atoms with Gasteiger partial charge in [0.05, 0.1) is 25.7 Å². The molecule has 0 unspecified atom stereocenters. The van der Waals surface area contributed by atoms with Gasteiger partial charge in [-0.05, 0) is 35.6 Å². The molecule has 2 heterocycles. The number of nitrogens with zero attached hydrogens (tertiary/aromatic N) is 3. The predicted molar refractivity (Wildman–Crippen MR) is 136 cm³/mol.